The summed E-state index contributed by atoms with van der Waals surface area (Å²) >= 11 is 1.43. The van der Waals surface area contributed by atoms with E-state index < -0.39 is 0 Å². The molecule has 1 aromatic rings. The first-order valence-electron chi connectivity index (χ1n) is 9.41. The summed E-state index contributed by atoms with van der Waals surface area (Å²) in [7, 11) is 2.08. The minimum absolute atomic E-state index is 0.214. The molecule has 2 aliphatic rings. The fraction of sp³-hybridized carbons (Fsp3) is 0.381. The highest BCUT2D eigenvalue weighted by atomic mass is 32.2. The van der Waals surface area contributed by atoms with Gasteiger partial charge in [-0.2, -0.15) is 0 Å². The molecule has 6 heteroatoms. The van der Waals surface area contributed by atoms with E-state index in [1.807, 2.05) is 0 Å². The number of hydrogen-bond donors (Lipinski definition) is 2. The maximum absolute atomic E-state index is 7.27. The molecule has 5 nitrogen and oxygen atoms in total. The van der Waals surface area contributed by atoms with Crippen LogP contribution in [-0.2, 0) is 0 Å². The van der Waals surface area contributed by atoms with Gasteiger partial charge in [0.2, 0.25) is 0 Å². The van der Waals surface area contributed by atoms with E-state index in [-0.39, 0.29) is 5.17 Å². The highest BCUT2D eigenvalue weighted by Crippen LogP contribution is 2.19. The van der Waals surface area contributed by atoms with Gasteiger partial charge >= 0.3 is 0 Å². The van der Waals surface area contributed by atoms with Gasteiger partial charge in [-0.15, -0.1) is 0 Å². The van der Waals surface area contributed by atoms with E-state index >= 15 is 0 Å². The lowest BCUT2D eigenvalue weighted by molar-refractivity contribution is 0.273. The molecular weight excluding hydrogens is 354 g/mol. The molecular formula is C21H29N5S. The Labute approximate surface area is 166 Å². The zero-order valence-electron chi connectivity index (χ0n) is 16.0. The summed E-state index contributed by atoms with van der Waals surface area (Å²) in [4.78, 5) is 7.06. The Morgan fingerprint density at radius 3 is 2.52 bits per heavy atom. The number of anilines is 1. The first-order valence-corrected chi connectivity index (χ1v) is 10.4. The summed E-state index contributed by atoms with van der Waals surface area (Å²) in [6.45, 7) is 6.19. The topological polar surface area (TPSA) is 59.6 Å². The molecule has 1 aromatic carbocycles. The van der Waals surface area contributed by atoms with Crippen LogP contribution in [0.15, 0.2) is 54.3 Å². The molecule has 0 aliphatic carbocycles. The first-order chi connectivity index (χ1) is 13.1. The first kappa shape index (κ1) is 19.6. The number of nitrogens with one attached hydrogen (secondary N) is 1. The van der Waals surface area contributed by atoms with Gasteiger partial charge in [-0.3, -0.25) is 10.3 Å². The summed E-state index contributed by atoms with van der Waals surface area (Å²) in [6, 6.07) is 8.83. The quantitative estimate of drug-likeness (QED) is 0.584. The number of likely N-dealkylation sites (N-methyl/N-ethyl adjacent to an activating group) is 1. The van der Waals surface area contributed by atoms with Crippen molar-refractivity contribution in [2.45, 2.75) is 0 Å². The molecule has 0 unspecified atom stereocenters. The Morgan fingerprint density at radius 2 is 1.89 bits per heavy atom. The van der Waals surface area contributed by atoms with E-state index in [9.17, 15) is 0 Å². The second-order valence-corrected chi connectivity index (χ2v) is 8.06. The van der Waals surface area contributed by atoms with Crippen LogP contribution in [0.2, 0.25) is 0 Å². The molecule has 0 amide bonds. The molecule has 0 radical (unpaired) electrons. The predicted molar refractivity (Wildman–Crippen MR) is 118 cm³/mol. The normalized spacial score (nSPS) is 18.2. The van der Waals surface area contributed by atoms with E-state index in [0.717, 1.165) is 45.0 Å². The number of amidine groups is 1. The Balaban J connectivity index is 1.47. The molecule has 3 rings (SSSR count). The van der Waals surface area contributed by atoms with Crippen molar-refractivity contribution >= 4 is 28.7 Å². The SMILES string of the molecule is CN1C=CC(/C=C/c2ccc(N3CCN(CCSC(=N)N)CC3)cc2)=CC1. The predicted octanol–water partition coefficient (Wildman–Crippen LogP) is 2.83. The molecule has 27 heavy (non-hydrogen) atoms. The van der Waals surface area contributed by atoms with E-state index in [1.54, 1.807) is 0 Å². The molecule has 3 N–H and O–H groups in total. The van der Waals surface area contributed by atoms with Gasteiger partial charge in [-0.25, -0.2) is 0 Å². The fourth-order valence-corrected chi connectivity index (χ4v) is 3.79. The van der Waals surface area contributed by atoms with Crippen molar-refractivity contribution in [2.24, 2.45) is 5.73 Å². The third-order valence-corrected chi connectivity index (χ3v) is 5.60. The molecule has 0 atom stereocenters. The highest BCUT2D eigenvalue weighted by molar-refractivity contribution is 8.13. The van der Waals surface area contributed by atoms with E-state index in [1.165, 1.54) is 28.6 Å². The number of rotatable bonds is 6. The van der Waals surface area contributed by atoms with Gasteiger partial charge in [-0.05, 0) is 35.5 Å². The Kier molecular flexibility index (Phi) is 7.01. The molecule has 1 saturated heterocycles. The third kappa shape index (κ3) is 6.19. The van der Waals surface area contributed by atoms with Gasteiger partial charge in [0.1, 0.15) is 0 Å². The molecule has 144 valence electrons. The van der Waals surface area contributed by atoms with Crippen molar-refractivity contribution in [1.82, 2.24) is 9.80 Å². The van der Waals surface area contributed by atoms with Gasteiger partial charge < -0.3 is 15.5 Å². The second kappa shape index (κ2) is 9.67. The summed E-state index contributed by atoms with van der Waals surface area (Å²) in [5, 5.41) is 7.48. The van der Waals surface area contributed by atoms with E-state index in [0.29, 0.717) is 0 Å². The largest absolute Gasteiger partial charge is 0.379 e. The van der Waals surface area contributed by atoms with Crippen molar-refractivity contribution in [3.63, 3.8) is 0 Å². The van der Waals surface area contributed by atoms with Gasteiger partial charge in [0.05, 0.1) is 0 Å². The molecule has 0 aromatic heterocycles. The van der Waals surface area contributed by atoms with Crippen LogP contribution in [0.3, 0.4) is 0 Å². The maximum Gasteiger partial charge on any atom is 0.151 e. The highest BCUT2D eigenvalue weighted by Gasteiger charge is 2.16. The minimum atomic E-state index is 0.214. The van der Waals surface area contributed by atoms with E-state index in [2.05, 4.69) is 76.5 Å². The van der Waals surface area contributed by atoms with Crippen LogP contribution in [0.4, 0.5) is 5.69 Å². The van der Waals surface area contributed by atoms with E-state index in [4.69, 9.17) is 11.1 Å². The summed E-state index contributed by atoms with van der Waals surface area (Å²) in [5.74, 6) is 0.901. The Hall–Kier alpha value is -2.18. The molecule has 0 saturated carbocycles. The van der Waals surface area contributed by atoms with Crippen molar-refractivity contribution in [3.05, 3.63) is 59.8 Å². The number of piperazine rings is 1. The minimum Gasteiger partial charge on any atom is -0.379 e. The number of nitrogens with two attached hydrogens (primary N) is 1. The lowest BCUT2D eigenvalue weighted by Crippen LogP contribution is -2.47. The van der Waals surface area contributed by atoms with Gasteiger partial charge in [0.25, 0.3) is 0 Å². The Morgan fingerprint density at radius 1 is 1.15 bits per heavy atom. The van der Waals surface area contributed by atoms with Crippen LogP contribution in [0.25, 0.3) is 6.08 Å². The standard InChI is InChI=1S/C21H29N5S/c1-24-10-8-19(9-11-24)3-2-18-4-6-20(7-5-18)26-14-12-25(13-15-26)16-17-27-21(22)23/h2-10H,11-17H2,1H3,(H3,22,23)/b3-2+. The van der Waals surface area contributed by atoms with Crippen LogP contribution >= 0.6 is 11.8 Å². The molecule has 2 heterocycles. The molecule has 0 spiro atoms. The lowest BCUT2D eigenvalue weighted by atomic mass is 10.1. The van der Waals surface area contributed by atoms with Crippen molar-refractivity contribution in [3.8, 4) is 0 Å². The zero-order chi connectivity index (χ0) is 19.1. The molecule has 2 aliphatic heterocycles. The van der Waals surface area contributed by atoms with Crippen LogP contribution in [-0.4, -0.2) is 67.0 Å². The summed E-state index contributed by atoms with van der Waals surface area (Å²) in [6.07, 6.45) is 10.8. The molecule has 1 fully saturated rings. The van der Waals surface area contributed by atoms with Crippen molar-refractivity contribution in [1.29, 1.82) is 5.41 Å². The van der Waals surface area contributed by atoms with Gasteiger partial charge in [0.15, 0.2) is 5.17 Å². The van der Waals surface area contributed by atoms with Crippen molar-refractivity contribution < 1.29 is 0 Å². The third-order valence-electron chi connectivity index (χ3n) is 4.90. The van der Waals surface area contributed by atoms with Crippen LogP contribution in [0.5, 0.6) is 0 Å². The van der Waals surface area contributed by atoms with Gasteiger partial charge in [0, 0.05) is 57.8 Å². The number of benzene rings is 1. The lowest BCUT2D eigenvalue weighted by Gasteiger charge is -2.36. The van der Waals surface area contributed by atoms with Crippen LogP contribution in [0.1, 0.15) is 5.56 Å². The summed E-state index contributed by atoms with van der Waals surface area (Å²) < 4.78 is 0. The fourth-order valence-electron chi connectivity index (χ4n) is 3.22. The number of nitrogens with zero attached hydrogens (tertiary/aromatic N) is 3. The second-order valence-electron chi connectivity index (χ2n) is 6.93. The zero-order valence-corrected chi connectivity index (χ0v) is 16.8. The van der Waals surface area contributed by atoms with Crippen LogP contribution < -0.4 is 10.6 Å². The molecule has 0 bridgehead atoms. The maximum atomic E-state index is 7.27. The monoisotopic (exact) mass is 383 g/mol. The average molecular weight is 384 g/mol. The van der Waals surface area contributed by atoms with Crippen LogP contribution in [0, 0.1) is 5.41 Å². The Bertz CT molecular complexity index is 715. The number of hydrogen-bond acceptors (Lipinski definition) is 5. The number of thioether (sulfide) groups is 1. The smallest absolute Gasteiger partial charge is 0.151 e. The average Bonchev–Trinajstić information content (AvgIpc) is 2.68. The summed E-state index contributed by atoms with van der Waals surface area (Å²) in [5.41, 5.74) is 9.18. The van der Waals surface area contributed by atoms with Gasteiger partial charge in [-0.1, -0.05) is 42.1 Å². The number of allylic oxidation sites excluding steroid dienone is 3. The van der Waals surface area contributed by atoms with Crippen molar-refractivity contribution in [2.75, 3.05) is 57.0 Å².